The van der Waals surface area contributed by atoms with Crippen LogP contribution in [0.3, 0.4) is 0 Å². The molecule has 1 saturated heterocycles. The second kappa shape index (κ2) is 6.50. The van der Waals surface area contributed by atoms with Gasteiger partial charge in [-0.25, -0.2) is 0 Å². The van der Waals surface area contributed by atoms with E-state index in [0.717, 1.165) is 38.0 Å². The SMILES string of the molecule is CSC1(C#N)CCN(Cc2ccc(C#N)cc2Cl)CC1. The summed E-state index contributed by atoms with van der Waals surface area (Å²) >= 11 is 7.86. The fraction of sp³-hybridized carbons (Fsp3) is 0.467. The average molecular weight is 306 g/mol. The zero-order valence-corrected chi connectivity index (χ0v) is 13.0. The van der Waals surface area contributed by atoms with Crippen LogP contribution in [0.4, 0.5) is 0 Å². The molecule has 0 saturated carbocycles. The average Bonchev–Trinajstić information content (AvgIpc) is 2.50. The third-order valence-electron chi connectivity index (χ3n) is 3.83. The molecule has 1 aliphatic rings. The number of thioether (sulfide) groups is 1. The second-order valence-corrected chi connectivity index (χ2v) is 6.60. The lowest BCUT2D eigenvalue weighted by Gasteiger charge is -2.36. The van der Waals surface area contributed by atoms with Gasteiger partial charge in [-0.2, -0.15) is 10.5 Å². The number of hydrogen-bond donors (Lipinski definition) is 0. The zero-order chi connectivity index (χ0) is 14.6. The van der Waals surface area contributed by atoms with Gasteiger partial charge in [-0.15, -0.1) is 11.8 Å². The topological polar surface area (TPSA) is 50.8 Å². The first-order valence-electron chi connectivity index (χ1n) is 6.50. The molecular formula is C15H16ClN3S. The highest BCUT2D eigenvalue weighted by molar-refractivity contribution is 8.00. The summed E-state index contributed by atoms with van der Waals surface area (Å²) in [5, 5.41) is 18.8. The Bertz CT molecular complexity index is 565. The Labute approximate surface area is 129 Å². The minimum absolute atomic E-state index is 0.217. The van der Waals surface area contributed by atoms with E-state index in [9.17, 15) is 5.26 Å². The smallest absolute Gasteiger partial charge is 0.104 e. The maximum atomic E-state index is 9.28. The molecule has 2 rings (SSSR count). The molecule has 1 aromatic rings. The van der Waals surface area contributed by atoms with Crippen LogP contribution >= 0.6 is 23.4 Å². The Hall–Kier alpha value is -1.20. The molecule has 0 aromatic heterocycles. The summed E-state index contributed by atoms with van der Waals surface area (Å²) in [7, 11) is 0. The highest BCUT2D eigenvalue weighted by atomic mass is 35.5. The number of piperidine rings is 1. The summed E-state index contributed by atoms with van der Waals surface area (Å²) in [5.41, 5.74) is 1.63. The molecule has 0 unspecified atom stereocenters. The Morgan fingerprint density at radius 3 is 2.55 bits per heavy atom. The van der Waals surface area contributed by atoms with E-state index >= 15 is 0 Å². The summed E-state index contributed by atoms with van der Waals surface area (Å²) in [4.78, 5) is 2.32. The third kappa shape index (κ3) is 3.27. The van der Waals surface area contributed by atoms with Crippen LogP contribution in [0.15, 0.2) is 18.2 Å². The molecule has 1 aliphatic heterocycles. The van der Waals surface area contributed by atoms with Crippen molar-refractivity contribution in [3.05, 3.63) is 34.3 Å². The van der Waals surface area contributed by atoms with Gasteiger partial charge in [-0.3, -0.25) is 4.90 Å². The number of rotatable bonds is 3. The molecule has 0 bridgehead atoms. The van der Waals surface area contributed by atoms with E-state index < -0.39 is 0 Å². The molecule has 104 valence electrons. The lowest BCUT2D eigenvalue weighted by Crippen LogP contribution is -2.41. The van der Waals surface area contributed by atoms with E-state index in [0.29, 0.717) is 10.6 Å². The number of halogens is 1. The van der Waals surface area contributed by atoms with Gasteiger partial charge in [0.1, 0.15) is 4.75 Å². The Kier molecular flexibility index (Phi) is 4.94. The molecule has 20 heavy (non-hydrogen) atoms. The maximum Gasteiger partial charge on any atom is 0.104 e. The van der Waals surface area contributed by atoms with E-state index in [4.69, 9.17) is 16.9 Å². The quantitative estimate of drug-likeness (QED) is 0.858. The molecule has 1 heterocycles. The van der Waals surface area contributed by atoms with Crippen molar-refractivity contribution in [1.82, 2.24) is 4.90 Å². The Morgan fingerprint density at radius 2 is 2.05 bits per heavy atom. The maximum absolute atomic E-state index is 9.28. The van der Waals surface area contributed by atoms with Gasteiger partial charge in [0.15, 0.2) is 0 Å². The van der Waals surface area contributed by atoms with Crippen molar-refractivity contribution >= 4 is 23.4 Å². The minimum atomic E-state index is -0.217. The lowest BCUT2D eigenvalue weighted by atomic mass is 9.97. The summed E-state index contributed by atoms with van der Waals surface area (Å²) in [6, 6.07) is 9.97. The molecule has 0 N–H and O–H groups in total. The van der Waals surface area contributed by atoms with Gasteiger partial charge in [-0.05, 0) is 36.8 Å². The van der Waals surface area contributed by atoms with Crippen LogP contribution in [-0.2, 0) is 6.54 Å². The van der Waals surface area contributed by atoms with E-state index in [1.54, 1.807) is 23.9 Å². The number of benzene rings is 1. The number of nitrogens with zero attached hydrogens (tertiary/aromatic N) is 3. The van der Waals surface area contributed by atoms with Gasteiger partial charge < -0.3 is 0 Å². The summed E-state index contributed by atoms with van der Waals surface area (Å²) in [6.45, 7) is 2.59. The largest absolute Gasteiger partial charge is 0.299 e. The molecule has 0 atom stereocenters. The van der Waals surface area contributed by atoms with Crippen molar-refractivity contribution < 1.29 is 0 Å². The molecular weight excluding hydrogens is 290 g/mol. The van der Waals surface area contributed by atoms with Crippen LogP contribution in [-0.4, -0.2) is 29.0 Å². The first-order chi connectivity index (χ1) is 9.62. The molecule has 0 amide bonds. The number of likely N-dealkylation sites (tertiary alicyclic amines) is 1. The van der Waals surface area contributed by atoms with Crippen LogP contribution in [0.1, 0.15) is 24.0 Å². The van der Waals surface area contributed by atoms with Crippen LogP contribution < -0.4 is 0 Å². The predicted octanol–water partition coefficient (Wildman–Crippen LogP) is 3.43. The molecule has 5 heteroatoms. The highest BCUT2D eigenvalue weighted by Gasteiger charge is 2.33. The van der Waals surface area contributed by atoms with Gasteiger partial charge in [0.25, 0.3) is 0 Å². The molecule has 0 aliphatic carbocycles. The first kappa shape index (κ1) is 15.2. The first-order valence-corrected chi connectivity index (χ1v) is 8.10. The van der Waals surface area contributed by atoms with Crippen molar-refractivity contribution in [3.63, 3.8) is 0 Å². The van der Waals surface area contributed by atoms with Gasteiger partial charge >= 0.3 is 0 Å². The predicted molar refractivity (Wildman–Crippen MR) is 82.5 cm³/mol. The number of nitriles is 2. The van der Waals surface area contributed by atoms with Gasteiger partial charge in [0.2, 0.25) is 0 Å². The Morgan fingerprint density at radius 1 is 1.35 bits per heavy atom. The van der Waals surface area contributed by atoms with Crippen LogP contribution in [0.5, 0.6) is 0 Å². The van der Waals surface area contributed by atoms with Crippen molar-refractivity contribution in [2.24, 2.45) is 0 Å². The van der Waals surface area contributed by atoms with Crippen LogP contribution in [0.2, 0.25) is 5.02 Å². The lowest BCUT2D eigenvalue weighted by molar-refractivity contribution is 0.209. The van der Waals surface area contributed by atoms with Crippen molar-refractivity contribution in [2.75, 3.05) is 19.3 Å². The highest BCUT2D eigenvalue weighted by Crippen LogP contribution is 2.34. The van der Waals surface area contributed by atoms with Crippen LogP contribution in [0.25, 0.3) is 0 Å². The van der Waals surface area contributed by atoms with Crippen LogP contribution in [0, 0.1) is 22.7 Å². The second-order valence-electron chi connectivity index (χ2n) is 5.00. The standard InChI is InChI=1S/C15H16ClN3S/c1-20-15(11-18)4-6-19(7-5-15)10-13-3-2-12(9-17)8-14(13)16/h2-3,8H,4-7,10H2,1H3. The summed E-state index contributed by atoms with van der Waals surface area (Å²) in [6.07, 6.45) is 3.79. The van der Waals surface area contributed by atoms with E-state index in [1.165, 1.54) is 0 Å². The summed E-state index contributed by atoms with van der Waals surface area (Å²) in [5.74, 6) is 0. The fourth-order valence-corrected chi connectivity index (χ4v) is 3.34. The van der Waals surface area contributed by atoms with E-state index in [1.807, 2.05) is 12.3 Å². The van der Waals surface area contributed by atoms with Gasteiger partial charge in [0, 0.05) is 24.7 Å². The van der Waals surface area contributed by atoms with E-state index in [-0.39, 0.29) is 4.75 Å². The summed E-state index contributed by atoms with van der Waals surface area (Å²) < 4.78 is -0.217. The minimum Gasteiger partial charge on any atom is -0.299 e. The zero-order valence-electron chi connectivity index (χ0n) is 11.4. The van der Waals surface area contributed by atoms with Crippen molar-refractivity contribution in [1.29, 1.82) is 10.5 Å². The normalized spacial score (nSPS) is 18.2. The molecule has 0 spiro atoms. The fourth-order valence-electron chi connectivity index (χ4n) is 2.42. The number of hydrogen-bond acceptors (Lipinski definition) is 4. The molecule has 1 fully saturated rings. The third-order valence-corrected chi connectivity index (χ3v) is 5.47. The van der Waals surface area contributed by atoms with Crippen molar-refractivity contribution in [2.45, 2.75) is 24.1 Å². The molecule has 3 nitrogen and oxygen atoms in total. The molecule has 0 radical (unpaired) electrons. The monoisotopic (exact) mass is 305 g/mol. The molecule has 1 aromatic carbocycles. The van der Waals surface area contributed by atoms with E-state index in [2.05, 4.69) is 17.0 Å². The van der Waals surface area contributed by atoms with Crippen molar-refractivity contribution in [3.8, 4) is 12.1 Å². The van der Waals surface area contributed by atoms with Gasteiger partial charge in [-0.1, -0.05) is 17.7 Å². The Balaban J connectivity index is 2.00. The van der Waals surface area contributed by atoms with Gasteiger partial charge in [0.05, 0.1) is 17.7 Å².